The second kappa shape index (κ2) is 8.51. The average Bonchev–Trinajstić information content (AvgIpc) is 2.68. The number of anilines is 3. The van der Waals surface area contributed by atoms with Crippen LogP contribution in [0.15, 0.2) is 30.3 Å². The van der Waals surface area contributed by atoms with Crippen molar-refractivity contribution in [2.24, 2.45) is 0 Å². The summed E-state index contributed by atoms with van der Waals surface area (Å²) in [5, 5.41) is 12.6. The van der Waals surface area contributed by atoms with Gasteiger partial charge in [0.05, 0.1) is 18.0 Å². The number of carbonyl (C=O) groups excluding carboxylic acids is 1. The topological polar surface area (TPSA) is 87.8 Å². The molecule has 30 heavy (non-hydrogen) atoms. The highest BCUT2D eigenvalue weighted by molar-refractivity contribution is 6.05. The lowest BCUT2D eigenvalue weighted by Crippen LogP contribution is -2.59. The first kappa shape index (κ1) is 21.3. The van der Waals surface area contributed by atoms with Gasteiger partial charge in [-0.1, -0.05) is 6.42 Å². The van der Waals surface area contributed by atoms with Gasteiger partial charge in [-0.3, -0.25) is 9.69 Å². The fraction of sp³-hybridized carbons (Fsp3) is 0.250. The first-order chi connectivity index (χ1) is 14.2. The van der Waals surface area contributed by atoms with E-state index in [1.807, 2.05) is 0 Å². The molecule has 1 amide bonds. The van der Waals surface area contributed by atoms with E-state index in [1.165, 1.54) is 18.2 Å². The van der Waals surface area contributed by atoms with Crippen molar-refractivity contribution in [3.05, 3.63) is 47.5 Å². The molecular formula is C20H17F4N3O3. The molecule has 1 saturated heterocycles. The minimum Gasteiger partial charge on any atom is -0.493 e. The van der Waals surface area contributed by atoms with E-state index < -0.39 is 54.7 Å². The van der Waals surface area contributed by atoms with Gasteiger partial charge in [-0.25, -0.2) is 17.6 Å². The normalized spacial score (nSPS) is 18.2. The lowest BCUT2D eigenvalue weighted by molar-refractivity contribution is -0.137. The van der Waals surface area contributed by atoms with Crippen LogP contribution in [0.2, 0.25) is 0 Å². The third-order valence-corrected chi connectivity index (χ3v) is 4.54. The number of hydrogen-bond acceptors (Lipinski definition) is 5. The fourth-order valence-electron chi connectivity index (χ4n) is 3.13. The zero-order valence-electron chi connectivity index (χ0n) is 15.4. The highest BCUT2D eigenvalue weighted by atomic mass is 19.3. The minimum atomic E-state index is -2.61. The molecule has 0 saturated carbocycles. The number of nitrogens with zero attached hydrogens (tertiary/aromatic N) is 1. The van der Waals surface area contributed by atoms with Gasteiger partial charge >= 0.3 is 0 Å². The molecule has 2 atom stereocenters. The molecule has 3 rings (SSSR count). The summed E-state index contributed by atoms with van der Waals surface area (Å²) in [7, 11) is 0. The van der Waals surface area contributed by atoms with E-state index in [2.05, 4.69) is 11.4 Å². The zero-order valence-corrected chi connectivity index (χ0v) is 15.4. The van der Waals surface area contributed by atoms with Gasteiger partial charge < -0.3 is 20.9 Å². The summed E-state index contributed by atoms with van der Waals surface area (Å²) < 4.78 is 58.6. The number of rotatable bonds is 7. The average molecular weight is 423 g/mol. The van der Waals surface area contributed by atoms with Crippen LogP contribution >= 0.6 is 0 Å². The Labute approximate surface area is 169 Å². The molecule has 10 heteroatoms. The molecule has 2 aromatic rings. The largest absolute Gasteiger partial charge is 0.493 e. The van der Waals surface area contributed by atoms with Crippen LogP contribution in [0, 0.1) is 24.1 Å². The zero-order chi connectivity index (χ0) is 22.0. The summed E-state index contributed by atoms with van der Waals surface area (Å²) in [4.78, 5) is 13.2. The van der Waals surface area contributed by atoms with Gasteiger partial charge in [-0.15, -0.1) is 0 Å². The Bertz CT molecular complexity index is 986. The molecule has 1 fully saturated rings. The molecule has 1 aliphatic rings. The number of aliphatic hydroxyl groups excluding tert-OH is 1. The second-order valence-corrected chi connectivity index (χ2v) is 6.47. The van der Waals surface area contributed by atoms with Crippen LogP contribution in [0.1, 0.15) is 18.0 Å². The molecule has 2 unspecified atom stereocenters. The summed E-state index contributed by atoms with van der Waals surface area (Å²) >= 11 is 0. The number of β-lactam (4-membered cyclic amide) rings is 1. The van der Waals surface area contributed by atoms with Crippen LogP contribution in [-0.4, -0.2) is 30.2 Å². The summed E-state index contributed by atoms with van der Waals surface area (Å²) in [6, 6.07) is 6.76. The van der Waals surface area contributed by atoms with Crippen molar-refractivity contribution in [1.29, 1.82) is 0 Å². The lowest BCUT2D eigenvalue weighted by Gasteiger charge is -2.44. The standard InChI is InChI=1S/C20H17F4N3O3/c1-2-26-15-4-3-10(7-14(15)25)27-18(19(28)20(27)29)17-12(21)8-11(9-13(17)22)30-6-5-16(23)24/h1,3-4,7-9,16,18-19,26,28H,5-6,25H2. The third-order valence-electron chi connectivity index (χ3n) is 4.54. The van der Waals surface area contributed by atoms with Crippen LogP contribution in [0.5, 0.6) is 5.75 Å². The van der Waals surface area contributed by atoms with E-state index in [9.17, 15) is 27.5 Å². The van der Waals surface area contributed by atoms with Gasteiger partial charge in [0.2, 0.25) is 6.43 Å². The summed E-state index contributed by atoms with van der Waals surface area (Å²) in [6.07, 6.45) is 0.263. The Hall–Kier alpha value is -3.45. The maximum Gasteiger partial charge on any atom is 0.259 e. The summed E-state index contributed by atoms with van der Waals surface area (Å²) in [6.45, 7) is -0.427. The number of nitrogen functional groups attached to an aromatic ring is 1. The van der Waals surface area contributed by atoms with Crippen molar-refractivity contribution in [3.63, 3.8) is 0 Å². The van der Waals surface area contributed by atoms with Gasteiger partial charge in [-0.2, -0.15) is 0 Å². The Balaban J connectivity index is 1.89. The molecule has 0 spiro atoms. The number of carbonyl (C=O) groups is 1. The van der Waals surface area contributed by atoms with Gasteiger partial charge in [0, 0.05) is 35.8 Å². The van der Waals surface area contributed by atoms with Gasteiger partial charge in [-0.05, 0) is 18.2 Å². The number of halogens is 4. The molecule has 1 aliphatic heterocycles. The van der Waals surface area contributed by atoms with Crippen molar-refractivity contribution < 1.29 is 32.2 Å². The van der Waals surface area contributed by atoms with Gasteiger partial charge in [0.1, 0.15) is 23.4 Å². The molecule has 158 valence electrons. The number of nitrogens with one attached hydrogen (secondary N) is 1. The van der Waals surface area contributed by atoms with Crippen molar-refractivity contribution in [1.82, 2.24) is 0 Å². The molecule has 0 aliphatic carbocycles. The number of amides is 1. The van der Waals surface area contributed by atoms with Crippen LogP contribution in [0.25, 0.3) is 0 Å². The molecule has 0 aromatic heterocycles. The lowest BCUT2D eigenvalue weighted by atomic mass is 9.89. The fourth-order valence-corrected chi connectivity index (χ4v) is 3.13. The van der Waals surface area contributed by atoms with Crippen molar-refractivity contribution in [2.45, 2.75) is 25.0 Å². The monoisotopic (exact) mass is 423 g/mol. The Kier molecular flexibility index (Phi) is 6.03. The predicted molar refractivity (Wildman–Crippen MR) is 102 cm³/mol. The maximum atomic E-state index is 14.6. The molecular weight excluding hydrogens is 406 g/mol. The molecule has 2 aromatic carbocycles. The number of aliphatic hydroxyl groups is 1. The highest BCUT2D eigenvalue weighted by Crippen LogP contribution is 2.43. The van der Waals surface area contributed by atoms with Crippen LogP contribution in [0.3, 0.4) is 0 Å². The molecule has 0 bridgehead atoms. The SMILES string of the molecule is C#CNc1ccc(N2C(=O)C(O)C2c2c(F)cc(OCCC(F)F)cc2F)cc1N. The summed E-state index contributed by atoms with van der Waals surface area (Å²) in [5.74, 6) is -3.24. The first-order valence-corrected chi connectivity index (χ1v) is 8.76. The summed E-state index contributed by atoms with van der Waals surface area (Å²) in [5.41, 5.74) is 6.08. The van der Waals surface area contributed by atoms with Crippen LogP contribution in [0.4, 0.5) is 34.6 Å². The van der Waals surface area contributed by atoms with E-state index in [4.69, 9.17) is 16.9 Å². The van der Waals surface area contributed by atoms with Gasteiger partial charge in [0.25, 0.3) is 5.91 Å². The quantitative estimate of drug-likeness (QED) is 0.210. The number of benzene rings is 2. The van der Waals surface area contributed by atoms with E-state index >= 15 is 0 Å². The Morgan fingerprint density at radius 2 is 1.93 bits per heavy atom. The van der Waals surface area contributed by atoms with Crippen molar-refractivity contribution >= 4 is 23.0 Å². The minimum absolute atomic E-state index is 0.183. The predicted octanol–water partition coefficient (Wildman–Crippen LogP) is 3.03. The van der Waals surface area contributed by atoms with Crippen LogP contribution < -0.4 is 20.7 Å². The van der Waals surface area contributed by atoms with Gasteiger partial charge in [0.15, 0.2) is 6.10 Å². The number of terminal acetylenes is 1. The van der Waals surface area contributed by atoms with E-state index in [-0.39, 0.29) is 17.1 Å². The second-order valence-electron chi connectivity index (χ2n) is 6.47. The van der Waals surface area contributed by atoms with E-state index in [1.54, 1.807) is 0 Å². The molecule has 1 heterocycles. The number of alkyl halides is 2. The van der Waals surface area contributed by atoms with Crippen molar-refractivity contribution in [3.8, 4) is 18.2 Å². The number of nitrogens with two attached hydrogens (primary N) is 1. The maximum absolute atomic E-state index is 14.6. The smallest absolute Gasteiger partial charge is 0.259 e. The third kappa shape index (κ3) is 3.97. The Morgan fingerprint density at radius 1 is 1.27 bits per heavy atom. The first-order valence-electron chi connectivity index (χ1n) is 8.76. The van der Waals surface area contributed by atoms with E-state index in [0.29, 0.717) is 5.69 Å². The Morgan fingerprint density at radius 3 is 2.50 bits per heavy atom. The van der Waals surface area contributed by atoms with Crippen molar-refractivity contribution in [2.75, 3.05) is 22.6 Å². The van der Waals surface area contributed by atoms with E-state index in [0.717, 1.165) is 17.0 Å². The number of hydrogen-bond donors (Lipinski definition) is 3. The molecule has 0 radical (unpaired) electrons. The van der Waals surface area contributed by atoms with Crippen LogP contribution in [-0.2, 0) is 4.79 Å². The number of ether oxygens (including phenoxy) is 1. The highest BCUT2D eigenvalue weighted by Gasteiger charge is 2.50. The molecule has 6 nitrogen and oxygen atoms in total. The molecule has 4 N–H and O–H groups in total.